The second-order valence-corrected chi connectivity index (χ2v) is 5.91. The van der Waals surface area contributed by atoms with Crippen LogP contribution in [0.4, 0.5) is 17.1 Å². The summed E-state index contributed by atoms with van der Waals surface area (Å²) in [6, 6.07) is 17.7. The molecule has 0 aromatic heterocycles. The van der Waals surface area contributed by atoms with Crippen LogP contribution in [0.1, 0.15) is 10.4 Å². The van der Waals surface area contributed by atoms with Crippen LogP contribution in [0.15, 0.2) is 53.6 Å². The zero-order valence-electron chi connectivity index (χ0n) is 15.1. The van der Waals surface area contributed by atoms with Gasteiger partial charge in [-0.15, -0.1) is 0 Å². The lowest BCUT2D eigenvalue weighted by Crippen LogP contribution is -2.36. The molecule has 0 bridgehead atoms. The molecule has 8 nitrogen and oxygen atoms in total. The van der Waals surface area contributed by atoms with Crippen molar-refractivity contribution in [2.45, 2.75) is 0 Å². The van der Waals surface area contributed by atoms with E-state index < -0.39 is 0 Å². The van der Waals surface area contributed by atoms with Gasteiger partial charge in [0.2, 0.25) is 5.71 Å². The maximum atomic E-state index is 12.9. The minimum Gasteiger partial charge on any atom is -0.378 e. The van der Waals surface area contributed by atoms with Crippen molar-refractivity contribution in [3.8, 4) is 12.1 Å². The molecule has 0 atom stereocenters. The SMILES string of the molecule is N#CC(C#N)=NNc1ccccc1C(=O)Nc1ccccc1N1CCOCC1. The summed E-state index contributed by atoms with van der Waals surface area (Å²) in [5.74, 6) is -0.325. The fourth-order valence-electron chi connectivity index (χ4n) is 2.82. The zero-order chi connectivity index (χ0) is 19.8. The van der Waals surface area contributed by atoms with Gasteiger partial charge in [0.1, 0.15) is 12.1 Å². The molecule has 2 N–H and O–H groups in total. The summed E-state index contributed by atoms with van der Waals surface area (Å²) < 4.78 is 5.40. The van der Waals surface area contributed by atoms with E-state index in [4.69, 9.17) is 15.3 Å². The second-order valence-electron chi connectivity index (χ2n) is 5.91. The summed E-state index contributed by atoms with van der Waals surface area (Å²) in [6.07, 6.45) is 0. The van der Waals surface area contributed by atoms with Gasteiger partial charge in [0.05, 0.1) is 35.8 Å². The molecule has 1 saturated heterocycles. The van der Waals surface area contributed by atoms with Crippen molar-refractivity contribution in [2.24, 2.45) is 5.10 Å². The van der Waals surface area contributed by atoms with E-state index >= 15 is 0 Å². The quantitative estimate of drug-likeness (QED) is 0.614. The van der Waals surface area contributed by atoms with E-state index in [1.807, 2.05) is 24.3 Å². The van der Waals surface area contributed by atoms with Crippen LogP contribution in [0, 0.1) is 22.7 Å². The Bertz CT molecular complexity index is 951. The van der Waals surface area contributed by atoms with Crippen LogP contribution < -0.4 is 15.6 Å². The van der Waals surface area contributed by atoms with Crippen molar-refractivity contribution < 1.29 is 9.53 Å². The van der Waals surface area contributed by atoms with Crippen LogP contribution in [0.5, 0.6) is 0 Å². The third-order valence-electron chi connectivity index (χ3n) is 4.18. The number of hydrogen-bond acceptors (Lipinski definition) is 7. The van der Waals surface area contributed by atoms with Crippen molar-refractivity contribution in [1.29, 1.82) is 10.5 Å². The predicted molar refractivity (Wildman–Crippen MR) is 106 cm³/mol. The fraction of sp³-hybridized carbons (Fsp3) is 0.200. The highest BCUT2D eigenvalue weighted by atomic mass is 16.5. The normalized spacial score (nSPS) is 13.0. The number of rotatable bonds is 5. The van der Waals surface area contributed by atoms with Gasteiger partial charge in [-0.25, -0.2) is 0 Å². The first kappa shape index (κ1) is 18.9. The summed E-state index contributed by atoms with van der Waals surface area (Å²) in [5.41, 5.74) is 4.66. The third-order valence-corrected chi connectivity index (χ3v) is 4.18. The smallest absolute Gasteiger partial charge is 0.257 e. The molecule has 0 aliphatic carbocycles. The molecule has 0 unspecified atom stereocenters. The Morgan fingerprint density at radius 3 is 2.36 bits per heavy atom. The molecule has 8 heteroatoms. The van der Waals surface area contributed by atoms with Crippen molar-refractivity contribution >= 4 is 28.7 Å². The van der Waals surface area contributed by atoms with Gasteiger partial charge in [-0.1, -0.05) is 24.3 Å². The molecule has 2 aromatic carbocycles. The Morgan fingerprint density at radius 1 is 1.00 bits per heavy atom. The lowest BCUT2D eigenvalue weighted by molar-refractivity contribution is 0.102. The van der Waals surface area contributed by atoms with E-state index in [9.17, 15) is 4.79 Å². The number of carbonyl (C=O) groups is 1. The molecule has 0 radical (unpaired) electrons. The molecule has 1 aliphatic heterocycles. The summed E-state index contributed by atoms with van der Waals surface area (Å²) in [5, 5.41) is 24.2. The van der Waals surface area contributed by atoms with Gasteiger partial charge in [-0.05, 0) is 24.3 Å². The first-order valence-corrected chi connectivity index (χ1v) is 8.69. The van der Waals surface area contributed by atoms with E-state index in [1.54, 1.807) is 36.4 Å². The molecule has 1 fully saturated rings. The second kappa shape index (κ2) is 9.17. The van der Waals surface area contributed by atoms with Crippen molar-refractivity contribution in [1.82, 2.24) is 0 Å². The minimum atomic E-state index is -0.326. The molecule has 1 heterocycles. The molecule has 0 saturated carbocycles. The number of hydrogen-bond donors (Lipinski definition) is 2. The maximum Gasteiger partial charge on any atom is 0.257 e. The van der Waals surface area contributed by atoms with E-state index in [2.05, 4.69) is 20.7 Å². The Labute approximate surface area is 162 Å². The van der Waals surface area contributed by atoms with E-state index in [-0.39, 0.29) is 11.6 Å². The summed E-state index contributed by atoms with van der Waals surface area (Å²) in [6.45, 7) is 2.80. The van der Waals surface area contributed by atoms with E-state index in [0.717, 1.165) is 18.8 Å². The number of anilines is 3. The number of hydrazone groups is 1. The first-order valence-electron chi connectivity index (χ1n) is 8.69. The number of amides is 1. The lowest BCUT2D eigenvalue weighted by atomic mass is 10.1. The minimum absolute atomic E-state index is 0.325. The molecule has 0 spiro atoms. The van der Waals surface area contributed by atoms with Crippen molar-refractivity contribution in [3.63, 3.8) is 0 Å². The Hall–Kier alpha value is -3.88. The zero-order valence-corrected chi connectivity index (χ0v) is 15.1. The maximum absolute atomic E-state index is 12.9. The highest BCUT2D eigenvalue weighted by molar-refractivity contribution is 6.11. The number of nitrogens with zero attached hydrogens (tertiary/aromatic N) is 4. The molecule has 28 heavy (non-hydrogen) atoms. The average molecular weight is 374 g/mol. The monoisotopic (exact) mass is 374 g/mol. The topological polar surface area (TPSA) is 114 Å². The Morgan fingerprint density at radius 2 is 1.64 bits per heavy atom. The number of nitriles is 2. The molecule has 3 rings (SSSR count). The van der Waals surface area contributed by atoms with Crippen molar-refractivity contribution in [3.05, 3.63) is 54.1 Å². The van der Waals surface area contributed by atoms with Gasteiger partial charge in [-0.3, -0.25) is 10.2 Å². The molecule has 140 valence electrons. The van der Waals surface area contributed by atoms with Crippen LogP contribution >= 0.6 is 0 Å². The molecule has 1 aliphatic rings. The first-order chi connectivity index (χ1) is 13.7. The van der Waals surface area contributed by atoms with Gasteiger partial charge in [0.15, 0.2) is 0 Å². The highest BCUT2D eigenvalue weighted by Gasteiger charge is 2.17. The molecular weight excluding hydrogens is 356 g/mol. The predicted octanol–water partition coefficient (Wildman–Crippen LogP) is 2.59. The number of para-hydroxylation sites is 3. The summed E-state index contributed by atoms with van der Waals surface area (Å²) in [4.78, 5) is 15.0. The number of morpholine rings is 1. The molecule has 2 aromatic rings. The van der Waals surface area contributed by atoms with Crippen molar-refractivity contribution in [2.75, 3.05) is 41.9 Å². The highest BCUT2D eigenvalue weighted by Crippen LogP contribution is 2.27. The Balaban J connectivity index is 1.82. The molecular formula is C20H18N6O2. The Kier molecular flexibility index (Phi) is 6.19. The van der Waals surface area contributed by atoms with Crippen LogP contribution in [-0.2, 0) is 4.74 Å². The van der Waals surface area contributed by atoms with Crippen LogP contribution in [-0.4, -0.2) is 37.9 Å². The largest absolute Gasteiger partial charge is 0.378 e. The number of nitrogens with one attached hydrogen (secondary N) is 2. The fourth-order valence-corrected chi connectivity index (χ4v) is 2.82. The standard InChI is InChI=1S/C20H18N6O2/c21-13-15(14-22)24-25-17-6-2-1-5-16(17)20(27)23-18-7-3-4-8-19(18)26-9-11-28-12-10-26/h1-8,25H,9-12H2,(H,23,27). The van der Waals surface area contributed by atoms with Gasteiger partial charge in [-0.2, -0.15) is 15.6 Å². The van der Waals surface area contributed by atoms with Gasteiger partial charge >= 0.3 is 0 Å². The summed E-state index contributed by atoms with van der Waals surface area (Å²) in [7, 11) is 0. The number of ether oxygens (including phenoxy) is 1. The summed E-state index contributed by atoms with van der Waals surface area (Å²) >= 11 is 0. The number of carbonyl (C=O) groups excluding carboxylic acids is 1. The molecule has 1 amide bonds. The van der Waals surface area contributed by atoms with Crippen LogP contribution in [0.25, 0.3) is 0 Å². The van der Waals surface area contributed by atoms with E-state index in [0.29, 0.717) is 30.2 Å². The van der Waals surface area contributed by atoms with Gasteiger partial charge < -0.3 is 15.0 Å². The van der Waals surface area contributed by atoms with E-state index in [1.165, 1.54) is 0 Å². The average Bonchev–Trinajstić information content (AvgIpc) is 2.75. The lowest BCUT2D eigenvalue weighted by Gasteiger charge is -2.30. The van der Waals surface area contributed by atoms with Crippen LogP contribution in [0.2, 0.25) is 0 Å². The van der Waals surface area contributed by atoms with Gasteiger partial charge in [0.25, 0.3) is 5.91 Å². The van der Waals surface area contributed by atoms with Crippen LogP contribution in [0.3, 0.4) is 0 Å². The van der Waals surface area contributed by atoms with Gasteiger partial charge in [0, 0.05) is 13.1 Å². The third kappa shape index (κ3) is 4.44. The number of benzene rings is 2.